The Bertz CT molecular complexity index is 240. The average molecular weight is 596 g/mol. The van der Waals surface area contributed by atoms with Gasteiger partial charge in [0.15, 0.2) is 0 Å². The van der Waals surface area contributed by atoms with Crippen molar-refractivity contribution in [3.63, 3.8) is 0 Å². The van der Waals surface area contributed by atoms with E-state index in [1.165, 1.54) is 25.7 Å². The van der Waals surface area contributed by atoms with E-state index in [0.717, 1.165) is 0 Å². The Balaban J connectivity index is -0.000000106. The van der Waals surface area contributed by atoms with Crippen LogP contribution in [0.5, 0.6) is 0 Å². The number of hydrogen-bond acceptors (Lipinski definition) is 8. The van der Waals surface area contributed by atoms with Crippen molar-refractivity contribution in [2.24, 2.45) is 0 Å². The summed E-state index contributed by atoms with van der Waals surface area (Å²) < 4.78 is 29.8. The monoisotopic (exact) mass is 596 g/mol. The van der Waals surface area contributed by atoms with E-state index in [1.54, 1.807) is 41.5 Å². The normalized spacial score (nSPS) is 10.5. The molecule has 0 aliphatic heterocycles. The molecule has 11 heteroatoms. The molecular formula is C20H52O8Si2Sn. The maximum absolute atomic E-state index is 9.48. The van der Waals surface area contributed by atoms with Crippen LogP contribution in [-0.2, 0) is 26.6 Å². The molecule has 0 aromatic heterocycles. The minimum Gasteiger partial charge on any atom is -0.367 e. The molecule has 2 N–H and O–H groups in total. The molecule has 0 saturated heterocycles. The maximum atomic E-state index is 9.48. The predicted molar refractivity (Wildman–Crippen MR) is 133 cm³/mol. The average Bonchev–Trinajstić information content (AvgIpc) is 2.70. The summed E-state index contributed by atoms with van der Waals surface area (Å²) in [6.07, 6.45) is 5.28. The molecule has 0 aliphatic carbocycles. The second-order valence-electron chi connectivity index (χ2n) is 5.65. The zero-order chi connectivity index (χ0) is 24.3. The molecule has 8 nitrogen and oxygen atoms in total. The van der Waals surface area contributed by atoms with Crippen LogP contribution >= 0.6 is 0 Å². The molecule has 0 amide bonds. The molecule has 0 unspecified atom stereocenters. The van der Waals surface area contributed by atoms with E-state index in [4.69, 9.17) is 26.6 Å². The van der Waals surface area contributed by atoms with E-state index in [9.17, 15) is 9.59 Å². The molecule has 0 fully saturated rings. The van der Waals surface area contributed by atoms with E-state index in [-0.39, 0.29) is 23.9 Å². The zero-order valence-corrected chi connectivity index (χ0v) is 26.8. The predicted octanol–water partition coefficient (Wildman–Crippen LogP) is 4.28. The second kappa shape index (κ2) is 33.1. The summed E-state index contributed by atoms with van der Waals surface area (Å²) in [5.74, 6) is 0. The van der Waals surface area contributed by atoms with Gasteiger partial charge in [-0.05, 0) is 41.5 Å². The summed E-state index contributed by atoms with van der Waals surface area (Å²) in [6.45, 7) is 21.9. The van der Waals surface area contributed by atoms with Crippen LogP contribution in [0.1, 0.15) is 94.9 Å². The maximum Gasteiger partial charge on any atom is 0.676 e. The molecule has 192 valence electrons. The SMILES string of the molecule is CCCC.CCCC.CCO[Si](O)(OCC)OCC.CCO[Si](O)(OCC)OCC.[Sn]. The molecule has 0 aromatic carbocycles. The molecular weight excluding hydrogens is 543 g/mol. The van der Waals surface area contributed by atoms with E-state index in [1.807, 2.05) is 0 Å². The Kier molecular flexibility index (Phi) is 44.9. The van der Waals surface area contributed by atoms with Gasteiger partial charge in [0.05, 0.1) is 0 Å². The Hall–Kier alpha value is 0.912. The van der Waals surface area contributed by atoms with E-state index < -0.39 is 18.1 Å². The molecule has 4 radical (unpaired) electrons. The summed E-state index contributed by atoms with van der Waals surface area (Å²) in [5, 5.41) is 0. The van der Waals surface area contributed by atoms with Gasteiger partial charge in [-0.2, -0.15) is 0 Å². The standard InChI is InChI=1S/2C6H16O4Si.2C4H10.Sn/c2*1-4-8-11(7,9-5-2)10-6-3;2*1-3-4-2;/h2*7H,4-6H2,1-3H3;2*3-4H2,1-2H3;. The fraction of sp³-hybridized carbons (Fsp3) is 1.00. The van der Waals surface area contributed by atoms with Crippen LogP contribution in [0.2, 0.25) is 0 Å². The van der Waals surface area contributed by atoms with Crippen molar-refractivity contribution in [3.05, 3.63) is 0 Å². The molecule has 0 aromatic rings. The Morgan fingerprint density at radius 1 is 0.387 bits per heavy atom. The molecule has 0 atom stereocenters. The Labute approximate surface area is 212 Å². The van der Waals surface area contributed by atoms with Gasteiger partial charge >= 0.3 is 18.1 Å². The number of rotatable bonds is 14. The quantitative estimate of drug-likeness (QED) is 0.288. The van der Waals surface area contributed by atoms with Gasteiger partial charge in [0, 0.05) is 63.5 Å². The summed E-state index contributed by atoms with van der Waals surface area (Å²) in [7, 11) is -6.50. The van der Waals surface area contributed by atoms with Crippen LogP contribution in [0.4, 0.5) is 0 Å². The van der Waals surface area contributed by atoms with Gasteiger partial charge in [-0.3, -0.25) is 0 Å². The smallest absolute Gasteiger partial charge is 0.367 e. The summed E-state index contributed by atoms with van der Waals surface area (Å²) >= 11 is 0. The van der Waals surface area contributed by atoms with Crippen LogP contribution in [0.15, 0.2) is 0 Å². The first kappa shape index (κ1) is 42.1. The first-order valence-electron chi connectivity index (χ1n) is 11.5. The Morgan fingerprint density at radius 2 is 0.516 bits per heavy atom. The second-order valence-corrected chi connectivity index (χ2v) is 9.47. The van der Waals surface area contributed by atoms with Gasteiger partial charge in [0.1, 0.15) is 0 Å². The molecule has 0 heterocycles. The first-order valence-corrected chi connectivity index (χ1v) is 14.8. The molecule has 0 bridgehead atoms. The van der Waals surface area contributed by atoms with Gasteiger partial charge in [-0.25, -0.2) is 0 Å². The van der Waals surface area contributed by atoms with Crippen molar-refractivity contribution in [2.45, 2.75) is 94.9 Å². The van der Waals surface area contributed by atoms with Crippen molar-refractivity contribution in [1.29, 1.82) is 0 Å². The van der Waals surface area contributed by atoms with E-state index in [0.29, 0.717) is 39.6 Å². The van der Waals surface area contributed by atoms with Crippen LogP contribution in [0.3, 0.4) is 0 Å². The molecule has 0 aliphatic rings. The molecule has 0 saturated carbocycles. The Morgan fingerprint density at radius 3 is 0.581 bits per heavy atom. The molecule has 0 rings (SSSR count). The molecule has 0 spiro atoms. The minimum absolute atomic E-state index is 0. The largest absolute Gasteiger partial charge is 0.676 e. The van der Waals surface area contributed by atoms with Gasteiger partial charge < -0.3 is 36.1 Å². The van der Waals surface area contributed by atoms with Crippen LogP contribution in [0, 0.1) is 0 Å². The first-order chi connectivity index (χ1) is 14.2. The minimum atomic E-state index is -3.25. The van der Waals surface area contributed by atoms with Gasteiger partial charge in [0.25, 0.3) is 0 Å². The van der Waals surface area contributed by atoms with Gasteiger partial charge in [-0.1, -0.05) is 53.4 Å². The van der Waals surface area contributed by atoms with Crippen molar-refractivity contribution >= 4 is 42.0 Å². The van der Waals surface area contributed by atoms with E-state index in [2.05, 4.69) is 27.7 Å². The topological polar surface area (TPSA) is 95.8 Å². The van der Waals surface area contributed by atoms with Crippen LogP contribution < -0.4 is 0 Å². The number of hydrogen-bond donors (Lipinski definition) is 2. The van der Waals surface area contributed by atoms with Crippen molar-refractivity contribution in [1.82, 2.24) is 0 Å². The fourth-order valence-corrected chi connectivity index (χ4v) is 4.03. The van der Waals surface area contributed by atoms with Crippen molar-refractivity contribution in [2.75, 3.05) is 39.6 Å². The third-order valence-corrected chi connectivity index (χ3v) is 6.88. The third kappa shape index (κ3) is 35.7. The van der Waals surface area contributed by atoms with Crippen molar-refractivity contribution in [3.8, 4) is 0 Å². The number of unbranched alkanes of at least 4 members (excludes halogenated alkanes) is 2. The third-order valence-electron chi connectivity index (χ3n) is 2.96. The van der Waals surface area contributed by atoms with Gasteiger partial charge in [0.2, 0.25) is 0 Å². The molecule has 31 heavy (non-hydrogen) atoms. The zero-order valence-electron chi connectivity index (χ0n) is 21.9. The van der Waals surface area contributed by atoms with Crippen LogP contribution in [-0.4, -0.2) is 91.2 Å². The van der Waals surface area contributed by atoms with Crippen molar-refractivity contribution < 1.29 is 36.1 Å². The van der Waals surface area contributed by atoms with Gasteiger partial charge in [-0.15, -0.1) is 0 Å². The van der Waals surface area contributed by atoms with Crippen LogP contribution in [0.25, 0.3) is 0 Å². The fourth-order valence-electron chi connectivity index (χ4n) is 1.34. The summed E-state index contributed by atoms with van der Waals surface area (Å²) in [5.41, 5.74) is 0. The summed E-state index contributed by atoms with van der Waals surface area (Å²) in [4.78, 5) is 19.0. The van der Waals surface area contributed by atoms with E-state index >= 15 is 0 Å². The summed E-state index contributed by atoms with van der Waals surface area (Å²) in [6, 6.07) is 0.